The number of hydrogen-bond acceptors (Lipinski definition) is 5. The highest BCUT2D eigenvalue weighted by Crippen LogP contribution is 2.33. The number of benzene rings is 1. The molecule has 1 fully saturated rings. The molecule has 0 bridgehead atoms. The van der Waals surface area contributed by atoms with Gasteiger partial charge in [0, 0.05) is 12.1 Å². The van der Waals surface area contributed by atoms with Crippen molar-refractivity contribution in [3.63, 3.8) is 0 Å². The van der Waals surface area contributed by atoms with Gasteiger partial charge in [-0.15, -0.1) is 11.3 Å². The molecule has 6 heteroatoms. The van der Waals surface area contributed by atoms with Gasteiger partial charge in [-0.05, 0) is 37.3 Å². The van der Waals surface area contributed by atoms with E-state index in [4.69, 9.17) is 4.52 Å². The van der Waals surface area contributed by atoms with Gasteiger partial charge in [-0.25, -0.2) is 0 Å². The summed E-state index contributed by atoms with van der Waals surface area (Å²) in [5, 5.41) is 6.02. The van der Waals surface area contributed by atoms with Gasteiger partial charge in [0.05, 0.1) is 4.88 Å². The number of likely N-dealkylation sites (tertiary alicyclic amines) is 1. The monoisotopic (exact) mass is 339 g/mol. The fourth-order valence-corrected chi connectivity index (χ4v) is 3.76. The van der Waals surface area contributed by atoms with Crippen molar-refractivity contribution in [3.8, 4) is 11.4 Å². The molecule has 1 saturated heterocycles. The second-order valence-electron chi connectivity index (χ2n) is 5.96. The number of carbonyl (C=O) groups excluding carboxylic acids is 1. The van der Waals surface area contributed by atoms with Crippen molar-refractivity contribution in [2.45, 2.75) is 25.8 Å². The number of carbonyl (C=O) groups is 1. The molecule has 3 aromatic rings. The normalized spacial score (nSPS) is 17.4. The minimum Gasteiger partial charge on any atom is -0.337 e. The van der Waals surface area contributed by atoms with Crippen molar-refractivity contribution in [2.24, 2.45) is 0 Å². The number of thiophene rings is 1. The molecule has 122 valence electrons. The van der Waals surface area contributed by atoms with Gasteiger partial charge in [-0.1, -0.05) is 35.0 Å². The zero-order chi connectivity index (χ0) is 16.5. The minimum atomic E-state index is -0.134. The smallest absolute Gasteiger partial charge is 0.264 e. The summed E-state index contributed by atoms with van der Waals surface area (Å²) >= 11 is 1.46. The summed E-state index contributed by atoms with van der Waals surface area (Å²) in [6, 6.07) is 11.6. The van der Waals surface area contributed by atoms with Gasteiger partial charge in [0.15, 0.2) is 0 Å². The van der Waals surface area contributed by atoms with E-state index in [2.05, 4.69) is 10.1 Å². The van der Waals surface area contributed by atoms with Crippen LogP contribution in [0.3, 0.4) is 0 Å². The molecule has 0 aliphatic carbocycles. The average molecular weight is 339 g/mol. The van der Waals surface area contributed by atoms with Crippen LogP contribution in [0.1, 0.15) is 40.0 Å². The molecule has 4 rings (SSSR count). The predicted molar refractivity (Wildman–Crippen MR) is 91.8 cm³/mol. The quantitative estimate of drug-likeness (QED) is 0.721. The van der Waals surface area contributed by atoms with Crippen LogP contribution in [0.2, 0.25) is 0 Å². The van der Waals surface area contributed by atoms with Crippen LogP contribution in [-0.2, 0) is 0 Å². The van der Waals surface area contributed by atoms with Crippen molar-refractivity contribution < 1.29 is 9.32 Å². The first-order chi connectivity index (χ1) is 11.7. The Hall–Kier alpha value is -2.47. The molecule has 24 heavy (non-hydrogen) atoms. The topological polar surface area (TPSA) is 59.2 Å². The molecule has 1 unspecified atom stereocenters. The molecule has 1 aromatic carbocycles. The molecule has 0 spiro atoms. The van der Waals surface area contributed by atoms with Gasteiger partial charge in [0.25, 0.3) is 5.91 Å². The molecule has 1 aliphatic rings. The summed E-state index contributed by atoms with van der Waals surface area (Å²) in [4.78, 5) is 19.8. The summed E-state index contributed by atoms with van der Waals surface area (Å²) in [7, 11) is 0. The van der Waals surface area contributed by atoms with Gasteiger partial charge in [0.2, 0.25) is 11.7 Å². The first-order valence-corrected chi connectivity index (χ1v) is 8.85. The fourth-order valence-electron chi connectivity index (χ4n) is 3.08. The Balaban J connectivity index is 1.60. The molecule has 3 heterocycles. The van der Waals surface area contributed by atoms with E-state index in [0.717, 1.165) is 35.4 Å². The number of aryl methyl sites for hydroxylation is 1. The van der Waals surface area contributed by atoms with E-state index < -0.39 is 0 Å². The van der Waals surface area contributed by atoms with Crippen LogP contribution in [-0.4, -0.2) is 27.5 Å². The molecular weight excluding hydrogens is 322 g/mol. The van der Waals surface area contributed by atoms with E-state index in [1.54, 1.807) is 0 Å². The molecule has 0 radical (unpaired) electrons. The van der Waals surface area contributed by atoms with Crippen LogP contribution in [0.25, 0.3) is 11.4 Å². The zero-order valence-corrected chi connectivity index (χ0v) is 14.1. The first kappa shape index (κ1) is 15.1. The third-order valence-electron chi connectivity index (χ3n) is 4.25. The Bertz CT molecular complexity index is 857. The zero-order valence-electron chi connectivity index (χ0n) is 13.3. The Morgan fingerprint density at radius 3 is 3.04 bits per heavy atom. The minimum absolute atomic E-state index is 0.0443. The number of nitrogens with zero attached hydrogens (tertiary/aromatic N) is 3. The van der Waals surface area contributed by atoms with Crippen molar-refractivity contribution in [1.29, 1.82) is 0 Å². The number of amides is 1. The summed E-state index contributed by atoms with van der Waals surface area (Å²) in [5.41, 5.74) is 2.08. The van der Waals surface area contributed by atoms with Crippen molar-refractivity contribution >= 4 is 17.2 Å². The summed E-state index contributed by atoms with van der Waals surface area (Å²) in [5.74, 6) is 1.14. The molecule has 0 N–H and O–H groups in total. The third kappa shape index (κ3) is 2.73. The standard InChI is InChI=1S/C18H17N3O2S/c1-12-5-2-6-13(11-12)16-19-17(23-20-16)14-7-3-9-21(14)18(22)15-8-4-10-24-15/h2,4-6,8,10-11,14H,3,7,9H2,1H3. The lowest BCUT2D eigenvalue weighted by molar-refractivity contribution is 0.0715. The second kappa shape index (κ2) is 6.20. The van der Waals surface area contributed by atoms with Crippen molar-refractivity contribution in [2.75, 3.05) is 6.54 Å². The Morgan fingerprint density at radius 2 is 2.25 bits per heavy atom. The number of rotatable bonds is 3. The maximum absolute atomic E-state index is 12.7. The second-order valence-corrected chi connectivity index (χ2v) is 6.91. The molecule has 5 nitrogen and oxygen atoms in total. The van der Waals surface area contributed by atoms with Crippen LogP contribution >= 0.6 is 11.3 Å². The fraction of sp³-hybridized carbons (Fsp3) is 0.278. The molecule has 1 aliphatic heterocycles. The predicted octanol–water partition coefficient (Wildman–Crippen LogP) is 4.08. The largest absolute Gasteiger partial charge is 0.337 e. The van der Waals surface area contributed by atoms with E-state index >= 15 is 0 Å². The molecule has 1 atom stereocenters. The average Bonchev–Trinajstić information content (AvgIpc) is 3.33. The summed E-state index contributed by atoms with van der Waals surface area (Å²) in [6.07, 6.45) is 1.80. The van der Waals surface area contributed by atoms with E-state index in [-0.39, 0.29) is 11.9 Å². The maximum atomic E-state index is 12.7. The van der Waals surface area contributed by atoms with Gasteiger partial charge in [0.1, 0.15) is 6.04 Å². The number of hydrogen-bond donors (Lipinski definition) is 0. The van der Waals surface area contributed by atoms with E-state index in [1.165, 1.54) is 11.3 Å². The van der Waals surface area contributed by atoms with Crippen molar-refractivity contribution in [1.82, 2.24) is 15.0 Å². The van der Waals surface area contributed by atoms with Gasteiger partial charge < -0.3 is 9.42 Å². The highest BCUT2D eigenvalue weighted by Gasteiger charge is 2.34. The third-order valence-corrected chi connectivity index (χ3v) is 5.11. The lowest BCUT2D eigenvalue weighted by Crippen LogP contribution is -2.30. The highest BCUT2D eigenvalue weighted by molar-refractivity contribution is 7.12. The number of aromatic nitrogens is 2. The van der Waals surface area contributed by atoms with Crippen LogP contribution in [0.15, 0.2) is 46.3 Å². The lowest BCUT2D eigenvalue weighted by Gasteiger charge is -2.20. The molecule has 0 saturated carbocycles. The van der Waals surface area contributed by atoms with Gasteiger partial charge in [-0.3, -0.25) is 4.79 Å². The van der Waals surface area contributed by atoms with Crippen LogP contribution in [0, 0.1) is 6.92 Å². The Kier molecular flexibility index (Phi) is 3.90. The molecular formula is C18H17N3O2S. The SMILES string of the molecule is Cc1cccc(-c2noc(C3CCCN3C(=O)c3cccs3)n2)c1. The van der Waals surface area contributed by atoms with E-state index in [0.29, 0.717) is 11.7 Å². The highest BCUT2D eigenvalue weighted by atomic mass is 32.1. The maximum Gasteiger partial charge on any atom is 0.264 e. The van der Waals surface area contributed by atoms with Crippen LogP contribution < -0.4 is 0 Å². The first-order valence-electron chi connectivity index (χ1n) is 7.97. The van der Waals surface area contributed by atoms with Gasteiger partial charge in [-0.2, -0.15) is 4.98 Å². The van der Waals surface area contributed by atoms with Gasteiger partial charge >= 0.3 is 0 Å². The van der Waals surface area contributed by atoms with E-state index in [1.807, 2.05) is 53.6 Å². The Labute approximate surface area is 143 Å². The lowest BCUT2D eigenvalue weighted by atomic mass is 10.1. The molecule has 1 amide bonds. The summed E-state index contributed by atoms with van der Waals surface area (Å²) < 4.78 is 5.49. The summed E-state index contributed by atoms with van der Waals surface area (Å²) in [6.45, 7) is 2.76. The van der Waals surface area contributed by atoms with Crippen LogP contribution in [0.4, 0.5) is 0 Å². The molecule has 2 aromatic heterocycles. The van der Waals surface area contributed by atoms with Crippen molar-refractivity contribution in [3.05, 3.63) is 58.1 Å². The van der Waals surface area contributed by atoms with Crippen LogP contribution in [0.5, 0.6) is 0 Å². The van der Waals surface area contributed by atoms with E-state index in [9.17, 15) is 4.79 Å². The Morgan fingerprint density at radius 1 is 1.33 bits per heavy atom.